The average Bonchev–Trinajstić information content (AvgIpc) is 2.63. The molecule has 1 heterocycles. The molecular formula is C20H22N4. The Balaban J connectivity index is 1.76. The van der Waals surface area contributed by atoms with Crippen LogP contribution in [0.1, 0.15) is 25.5 Å². The molecule has 0 aliphatic carbocycles. The zero-order valence-electron chi connectivity index (χ0n) is 14.0. The van der Waals surface area contributed by atoms with Gasteiger partial charge in [0.15, 0.2) is 0 Å². The summed E-state index contributed by atoms with van der Waals surface area (Å²) in [5.41, 5.74) is 4.25. The van der Waals surface area contributed by atoms with E-state index in [0.717, 1.165) is 29.3 Å². The van der Waals surface area contributed by atoms with E-state index in [0.29, 0.717) is 0 Å². The van der Waals surface area contributed by atoms with E-state index in [-0.39, 0.29) is 6.04 Å². The highest BCUT2D eigenvalue weighted by molar-refractivity contribution is 5.63. The summed E-state index contributed by atoms with van der Waals surface area (Å²) in [5, 5.41) is 6.71. The largest absolute Gasteiger partial charge is 0.385 e. The summed E-state index contributed by atoms with van der Waals surface area (Å²) in [6.07, 6.45) is 3.55. The predicted molar refractivity (Wildman–Crippen MR) is 100 cm³/mol. The van der Waals surface area contributed by atoms with Crippen LogP contribution in [0.5, 0.6) is 0 Å². The minimum absolute atomic E-state index is 0.173. The SMILES string of the molecule is CCNc1ccc(-c2cncc(N[C@@H](C)c3ccccc3)n2)cc1. The second kappa shape index (κ2) is 7.59. The molecule has 3 aromatic rings. The first-order valence-corrected chi connectivity index (χ1v) is 8.24. The van der Waals surface area contributed by atoms with Crippen LogP contribution in [0.25, 0.3) is 11.3 Å². The van der Waals surface area contributed by atoms with Gasteiger partial charge in [-0.3, -0.25) is 4.98 Å². The Morgan fingerprint density at radius 2 is 1.71 bits per heavy atom. The Labute approximate surface area is 143 Å². The monoisotopic (exact) mass is 318 g/mol. The van der Waals surface area contributed by atoms with Gasteiger partial charge in [0, 0.05) is 23.8 Å². The van der Waals surface area contributed by atoms with Crippen LogP contribution in [0, 0.1) is 0 Å². The summed E-state index contributed by atoms with van der Waals surface area (Å²) in [6, 6.07) is 18.7. The zero-order valence-corrected chi connectivity index (χ0v) is 14.0. The van der Waals surface area contributed by atoms with Crippen LogP contribution in [-0.2, 0) is 0 Å². The highest BCUT2D eigenvalue weighted by Crippen LogP contribution is 2.22. The van der Waals surface area contributed by atoms with Crippen molar-refractivity contribution in [3.8, 4) is 11.3 Å². The summed E-state index contributed by atoms with van der Waals surface area (Å²) in [5.74, 6) is 0.777. The molecule has 0 fully saturated rings. The maximum atomic E-state index is 4.69. The van der Waals surface area contributed by atoms with Crippen molar-refractivity contribution in [2.45, 2.75) is 19.9 Å². The molecule has 0 saturated carbocycles. The maximum absolute atomic E-state index is 4.69. The molecule has 0 radical (unpaired) electrons. The van der Waals surface area contributed by atoms with Crippen molar-refractivity contribution in [3.63, 3.8) is 0 Å². The fourth-order valence-electron chi connectivity index (χ4n) is 2.58. The van der Waals surface area contributed by atoms with Gasteiger partial charge in [0.2, 0.25) is 0 Å². The van der Waals surface area contributed by atoms with Crippen molar-refractivity contribution in [1.82, 2.24) is 9.97 Å². The van der Waals surface area contributed by atoms with Crippen molar-refractivity contribution in [3.05, 3.63) is 72.6 Å². The van der Waals surface area contributed by atoms with Crippen molar-refractivity contribution in [1.29, 1.82) is 0 Å². The van der Waals surface area contributed by atoms with Gasteiger partial charge >= 0.3 is 0 Å². The van der Waals surface area contributed by atoms with E-state index in [9.17, 15) is 0 Å². The first kappa shape index (κ1) is 16.0. The molecule has 122 valence electrons. The van der Waals surface area contributed by atoms with Crippen LogP contribution in [0.15, 0.2) is 67.0 Å². The second-order valence-corrected chi connectivity index (χ2v) is 5.67. The number of nitrogens with zero attached hydrogens (tertiary/aromatic N) is 2. The molecule has 4 heteroatoms. The summed E-state index contributed by atoms with van der Waals surface area (Å²) in [4.78, 5) is 9.02. The lowest BCUT2D eigenvalue weighted by Gasteiger charge is -2.15. The van der Waals surface area contributed by atoms with Gasteiger partial charge < -0.3 is 10.6 Å². The number of aromatic nitrogens is 2. The summed E-state index contributed by atoms with van der Waals surface area (Å²) in [7, 11) is 0. The van der Waals surface area contributed by atoms with Gasteiger partial charge in [-0.05, 0) is 31.5 Å². The molecule has 4 nitrogen and oxygen atoms in total. The van der Waals surface area contributed by atoms with E-state index in [4.69, 9.17) is 4.98 Å². The van der Waals surface area contributed by atoms with E-state index < -0.39 is 0 Å². The molecule has 3 rings (SSSR count). The number of hydrogen-bond donors (Lipinski definition) is 2. The Morgan fingerprint density at radius 3 is 2.42 bits per heavy atom. The Morgan fingerprint density at radius 1 is 0.958 bits per heavy atom. The quantitative estimate of drug-likeness (QED) is 0.688. The van der Waals surface area contributed by atoms with Gasteiger partial charge in [-0.15, -0.1) is 0 Å². The van der Waals surface area contributed by atoms with Gasteiger partial charge in [-0.2, -0.15) is 0 Å². The summed E-state index contributed by atoms with van der Waals surface area (Å²) < 4.78 is 0. The van der Waals surface area contributed by atoms with Gasteiger partial charge in [-0.25, -0.2) is 4.98 Å². The highest BCUT2D eigenvalue weighted by Gasteiger charge is 2.07. The molecule has 2 N–H and O–H groups in total. The molecule has 0 spiro atoms. The van der Waals surface area contributed by atoms with Crippen molar-refractivity contribution in [2.75, 3.05) is 17.2 Å². The van der Waals surface area contributed by atoms with E-state index in [1.165, 1.54) is 5.56 Å². The van der Waals surface area contributed by atoms with Crippen LogP contribution in [0.2, 0.25) is 0 Å². The van der Waals surface area contributed by atoms with Crippen LogP contribution in [-0.4, -0.2) is 16.5 Å². The van der Waals surface area contributed by atoms with E-state index in [1.807, 2.05) is 18.2 Å². The third kappa shape index (κ3) is 3.90. The fraction of sp³-hybridized carbons (Fsp3) is 0.200. The molecule has 2 aromatic carbocycles. The second-order valence-electron chi connectivity index (χ2n) is 5.67. The number of nitrogens with one attached hydrogen (secondary N) is 2. The molecule has 24 heavy (non-hydrogen) atoms. The molecule has 0 saturated heterocycles. The number of rotatable bonds is 6. The van der Waals surface area contributed by atoms with E-state index in [2.05, 4.69) is 65.9 Å². The van der Waals surface area contributed by atoms with Crippen molar-refractivity contribution < 1.29 is 0 Å². The molecule has 0 aliphatic heterocycles. The Bertz CT molecular complexity index is 769. The zero-order chi connectivity index (χ0) is 16.8. The van der Waals surface area contributed by atoms with Crippen molar-refractivity contribution in [2.24, 2.45) is 0 Å². The van der Waals surface area contributed by atoms with E-state index in [1.54, 1.807) is 12.4 Å². The van der Waals surface area contributed by atoms with Crippen LogP contribution in [0.4, 0.5) is 11.5 Å². The fourth-order valence-corrected chi connectivity index (χ4v) is 2.58. The molecule has 1 aromatic heterocycles. The van der Waals surface area contributed by atoms with Crippen LogP contribution < -0.4 is 10.6 Å². The third-order valence-corrected chi connectivity index (χ3v) is 3.86. The van der Waals surface area contributed by atoms with Crippen molar-refractivity contribution >= 4 is 11.5 Å². The molecular weight excluding hydrogens is 296 g/mol. The molecule has 1 atom stereocenters. The van der Waals surface area contributed by atoms with E-state index >= 15 is 0 Å². The first-order valence-electron chi connectivity index (χ1n) is 8.24. The Hall–Kier alpha value is -2.88. The number of anilines is 2. The summed E-state index contributed by atoms with van der Waals surface area (Å²) >= 11 is 0. The third-order valence-electron chi connectivity index (χ3n) is 3.86. The van der Waals surface area contributed by atoms with Gasteiger partial charge in [0.05, 0.1) is 18.1 Å². The predicted octanol–water partition coefficient (Wildman–Crippen LogP) is 4.75. The Kier molecular flexibility index (Phi) is 5.06. The lowest BCUT2D eigenvalue weighted by Crippen LogP contribution is -2.08. The smallest absolute Gasteiger partial charge is 0.145 e. The molecule has 0 amide bonds. The lowest BCUT2D eigenvalue weighted by molar-refractivity contribution is 0.872. The standard InChI is InChI=1S/C20H22N4/c1-3-22-18-11-9-17(10-12-18)19-13-21-14-20(24-19)23-15(2)16-7-5-4-6-8-16/h4-15,22H,3H2,1-2H3,(H,23,24)/t15-/m0/s1. The van der Waals surface area contributed by atoms with Gasteiger partial charge in [-0.1, -0.05) is 42.5 Å². The molecule has 0 unspecified atom stereocenters. The lowest BCUT2D eigenvalue weighted by atomic mass is 10.1. The number of hydrogen-bond acceptors (Lipinski definition) is 4. The normalized spacial score (nSPS) is 11.8. The van der Waals surface area contributed by atoms with Crippen LogP contribution in [0.3, 0.4) is 0 Å². The topological polar surface area (TPSA) is 49.8 Å². The minimum Gasteiger partial charge on any atom is -0.385 e. The summed E-state index contributed by atoms with van der Waals surface area (Å²) in [6.45, 7) is 5.12. The first-order chi connectivity index (χ1) is 11.8. The van der Waals surface area contributed by atoms with Gasteiger partial charge in [0.1, 0.15) is 5.82 Å². The highest BCUT2D eigenvalue weighted by atomic mass is 15.0. The molecule has 0 bridgehead atoms. The number of benzene rings is 2. The average molecular weight is 318 g/mol. The minimum atomic E-state index is 0.173. The van der Waals surface area contributed by atoms with Crippen LogP contribution >= 0.6 is 0 Å². The van der Waals surface area contributed by atoms with Gasteiger partial charge in [0.25, 0.3) is 0 Å². The maximum Gasteiger partial charge on any atom is 0.145 e. The molecule has 0 aliphatic rings.